The van der Waals surface area contributed by atoms with Crippen molar-refractivity contribution in [2.24, 2.45) is 12.0 Å². The summed E-state index contributed by atoms with van der Waals surface area (Å²) in [6.07, 6.45) is -4.74. The zero-order valence-corrected chi connectivity index (χ0v) is 11.1. The predicted octanol–water partition coefficient (Wildman–Crippen LogP) is 0.903. The fourth-order valence-corrected chi connectivity index (χ4v) is 1.74. The predicted molar refractivity (Wildman–Crippen MR) is 63.2 cm³/mol. The largest absolute Gasteiger partial charge is 0.854 e. The summed E-state index contributed by atoms with van der Waals surface area (Å²) in [4.78, 5) is 14.6. The van der Waals surface area contributed by atoms with E-state index in [1.165, 1.54) is 7.05 Å². The molecule has 0 unspecified atom stereocenters. The summed E-state index contributed by atoms with van der Waals surface area (Å²) in [5, 5.41) is 13.7. The van der Waals surface area contributed by atoms with E-state index in [4.69, 9.17) is 11.6 Å². The Kier molecular flexibility index (Phi) is 3.77. The molecule has 0 spiro atoms. The topological polar surface area (TPSA) is 85.3 Å². The van der Waals surface area contributed by atoms with Crippen LogP contribution >= 0.6 is 11.6 Å². The molecule has 0 atom stereocenters. The first-order valence-corrected chi connectivity index (χ1v) is 5.78. The minimum atomic E-state index is -4.74. The van der Waals surface area contributed by atoms with Crippen LogP contribution in [-0.4, -0.2) is 11.2 Å². The van der Waals surface area contributed by atoms with Crippen LogP contribution in [-0.2, 0) is 13.2 Å². The number of rotatable bonds is 2. The summed E-state index contributed by atoms with van der Waals surface area (Å²) < 4.78 is 43.8. The number of nitrogens with zero attached hydrogens (tertiary/aromatic N) is 2. The summed E-state index contributed by atoms with van der Waals surface area (Å²) in [5.74, 6) is -1.17. The molecule has 0 aliphatic heterocycles. The van der Waals surface area contributed by atoms with Crippen LogP contribution in [0.1, 0.15) is 11.3 Å². The van der Waals surface area contributed by atoms with Gasteiger partial charge in [-0.2, -0.15) is 13.2 Å². The molecule has 2 rings (SSSR count). The number of benzene rings is 1. The second-order valence-electron chi connectivity index (χ2n) is 3.96. The van der Waals surface area contributed by atoms with Gasteiger partial charge in [-0.1, -0.05) is 16.3 Å². The summed E-state index contributed by atoms with van der Waals surface area (Å²) in [6, 6.07) is 2.74. The van der Waals surface area contributed by atoms with Crippen LogP contribution in [0.5, 0.6) is 0 Å². The Bertz CT molecular complexity index is 764. The molecule has 6 nitrogen and oxygen atoms in total. The van der Waals surface area contributed by atoms with Gasteiger partial charge in [0.05, 0.1) is 17.1 Å². The first-order chi connectivity index (χ1) is 9.70. The van der Waals surface area contributed by atoms with Crippen molar-refractivity contribution in [2.75, 3.05) is 0 Å². The Hall–Kier alpha value is -2.29. The lowest BCUT2D eigenvalue weighted by atomic mass is 10.1. The molecule has 0 fully saturated rings. The van der Waals surface area contributed by atoms with Crippen LogP contribution in [0.3, 0.4) is 0 Å². The van der Waals surface area contributed by atoms with E-state index in [9.17, 15) is 23.1 Å². The average Bonchev–Trinajstić information content (AvgIpc) is 2.70. The van der Waals surface area contributed by atoms with Gasteiger partial charge in [-0.3, -0.25) is 9.52 Å². The van der Waals surface area contributed by atoms with E-state index in [1.807, 2.05) is 0 Å². The Morgan fingerprint density at radius 3 is 2.67 bits per heavy atom. The van der Waals surface area contributed by atoms with Gasteiger partial charge in [0.15, 0.2) is 7.05 Å². The van der Waals surface area contributed by atoms with Gasteiger partial charge in [0.25, 0.3) is 0 Å². The fraction of sp³-hybridized carbons (Fsp3) is 0.182. The summed E-state index contributed by atoms with van der Waals surface area (Å²) in [6.45, 7) is 0. The van der Waals surface area contributed by atoms with Crippen LogP contribution in [0.25, 0.3) is 0 Å². The SMILES string of the molecule is C[n+]1[nH]oc(=O)c1C([O-])=Nc1ccc(Cl)cc1C(F)(F)F. The van der Waals surface area contributed by atoms with Gasteiger partial charge in [-0.15, -0.1) is 0 Å². The van der Waals surface area contributed by atoms with Gasteiger partial charge in [0.2, 0.25) is 0 Å². The van der Waals surface area contributed by atoms with Crippen LogP contribution < -0.4 is 15.4 Å². The van der Waals surface area contributed by atoms with E-state index in [0.717, 1.165) is 16.8 Å². The number of hydrogen-bond acceptors (Lipinski definition) is 4. The van der Waals surface area contributed by atoms with Crippen molar-refractivity contribution in [3.63, 3.8) is 0 Å². The van der Waals surface area contributed by atoms with Crippen molar-refractivity contribution < 1.29 is 27.5 Å². The lowest BCUT2D eigenvalue weighted by molar-refractivity contribution is -0.742. The van der Waals surface area contributed by atoms with Crippen molar-refractivity contribution in [1.29, 1.82) is 0 Å². The smallest absolute Gasteiger partial charge is 0.435 e. The number of aryl methyl sites for hydroxylation is 1. The number of aromatic nitrogens is 2. The maximum Gasteiger partial charge on any atom is 0.435 e. The first-order valence-electron chi connectivity index (χ1n) is 5.40. The number of hydrogen-bond donors (Lipinski definition) is 1. The summed E-state index contributed by atoms with van der Waals surface area (Å²) in [7, 11) is 1.28. The minimum Gasteiger partial charge on any atom is -0.854 e. The highest BCUT2D eigenvalue weighted by atomic mass is 35.5. The third-order valence-corrected chi connectivity index (χ3v) is 2.73. The quantitative estimate of drug-likeness (QED) is 0.506. The van der Waals surface area contributed by atoms with Crippen LogP contribution in [0.2, 0.25) is 5.02 Å². The molecule has 1 heterocycles. The molecule has 10 heteroatoms. The van der Waals surface area contributed by atoms with Crippen molar-refractivity contribution in [3.05, 3.63) is 44.9 Å². The van der Waals surface area contributed by atoms with Gasteiger partial charge in [-0.25, -0.2) is 4.79 Å². The molecule has 0 bridgehead atoms. The van der Waals surface area contributed by atoms with Gasteiger partial charge >= 0.3 is 17.5 Å². The Labute approximate surface area is 120 Å². The Morgan fingerprint density at radius 1 is 1.48 bits per heavy atom. The second-order valence-corrected chi connectivity index (χ2v) is 4.40. The molecule has 0 aliphatic carbocycles. The Morgan fingerprint density at radius 2 is 2.14 bits per heavy atom. The van der Waals surface area contributed by atoms with E-state index < -0.39 is 34.6 Å². The van der Waals surface area contributed by atoms with Crippen molar-refractivity contribution in [2.45, 2.75) is 6.18 Å². The number of alkyl halides is 3. The summed E-state index contributed by atoms with van der Waals surface area (Å²) >= 11 is 5.51. The molecule has 2 aromatic rings. The van der Waals surface area contributed by atoms with Gasteiger partial charge in [0, 0.05) is 5.02 Å². The van der Waals surface area contributed by atoms with E-state index in [0.29, 0.717) is 6.07 Å². The number of aliphatic imine (C=N–C) groups is 1. The lowest BCUT2D eigenvalue weighted by Crippen LogP contribution is -2.43. The van der Waals surface area contributed by atoms with Crippen molar-refractivity contribution in [1.82, 2.24) is 5.27 Å². The molecule has 0 aliphatic rings. The number of aromatic amines is 1. The molecule has 112 valence electrons. The zero-order valence-electron chi connectivity index (χ0n) is 10.4. The molecule has 0 radical (unpaired) electrons. The maximum atomic E-state index is 12.9. The molecule has 1 aromatic heterocycles. The van der Waals surface area contributed by atoms with Crippen LogP contribution in [0.15, 0.2) is 32.5 Å². The third-order valence-electron chi connectivity index (χ3n) is 2.49. The van der Waals surface area contributed by atoms with Crippen molar-refractivity contribution in [3.8, 4) is 0 Å². The normalized spacial score (nSPS) is 12.7. The molecular formula is C11H7ClF3N3O3. The average molecular weight is 322 g/mol. The molecular weight excluding hydrogens is 315 g/mol. The highest BCUT2D eigenvalue weighted by Gasteiger charge is 2.34. The highest BCUT2D eigenvalue weighted by molar-refractivity contribution is 6.30. The molecule has 21 heavy (non-hydrogen) atoms. The highest BCUT2D eigenvalue weighted by Crippen LogP contribution is 2.37. The molecule has 0 saturated carbocycles. The molecule has 1 aromatic carbocycles. The number of nitrogens with one attached hydrogen (secondary N) is 1. The monoisotopic (exact) mass is 321 g/mol. The number of halogens is 4. The van der Waals surface area contributed by atoms with Crippen LogP contribution in [0, 0.1) is 0 Å². The lowest BCUT2D eigenvalue weighted by Gasteiger charge is -2.12. The van der Waals surface area contributed by atoms with Gasteiger partial charge in [-0.05, 0) is 23.5 Å². The molecule has 0 saturated heterocycles. The minimum absolute atomic E-state index is 0.152. The maximum absolute atomic E-state index is 12.9. The second kappa shape index (κ2) is 5.24. The molecule has 0 amide bonds. The van der Waals surface area contributed by atoms with E-state index in [2.05, 4.69) is 14.8 Å². The van der Waals surface area contributed by atoms with Gasteiger partial charge < -0.3 is 5.11 Å². The van der Waals surface area contributed by atoms with Crippen LogP contribution in [0.4, 0.5) is 18.9 Å². The van der Waals surface area contributed by atoms with E-state index in [-0.39, 0.29) is 5.02 Å². The van der Waals surface area contributed by atoms with E-state index >= 15 is 0 Å². The zero-order chi connectivity index (χ0) is 15.8. The van der Waals surface area contributed by atoms with E-state index in [1.54, 1.807) is 0 Å². The Balaban J connectivity index is 2.58. The fourth-order valence-electron chi connectivity index (χ4n) is 1.57. The molecule has 1 N–H and O–H groups in total. The third kappa shape index (κ3) is 3.07. The van der Waals surface area contributed by atoms with Gasteiger partial charge in [0.1, 0.15) is 0 Å². The standard InChI is InChI=1S/C11H7ClF3N3O3/c1-18-8(10(20)21-17-18)9(19)16-7-3-2-5(12)4-6(7)11(13,14)15/h2-4H,1H3,(H-,16,17,19,20). The van der Waals surface area contributed by atoms with Crippen molar-refractivity contribution >= 4 is 23.2 Å². The summed E-state index contributed by atoms with van der Waals surface area (Å²) in [5.41, 5.74) is -3.38. The number of H-pyrrole nitrogens is 1. The first kappa shape index (κ1) is 15.1.